The molecule has 4 N–H and O–H groups in total. The third-order valence-electron chi connectivity index (χ3n) is 11.3. The molecule has 7 heterocycles. The van der Waals surface area contributed by atoms with Crippen LogP contribution in [0.3, 0.4) is 0 Å². The van der Waals surface area contributed by atoms with E-state index >= 15 is 0 Å². The van der Waals surface area contributed by atoms with Gasteiger partial charge in [-0.1, -0.05) is 96.5 Å². The van der Waals surface area contributed by atoms with Gasteiger partial charge in [0.15, 0.2) is 23.1 Å². The first-order chi connectivity index (χ1) is 36.4. The Labute approximate surface area is 433 Å². The standard InChI is InChI=1S/C16H14N2O.C15H12ClN3.C15H13N3O.C14H11N3/c1-19-15-10-5-11-17-16(15)18-14-9-4-7-12-6-2-3-8-13(12)14;1-10-7-8-17-14(9-10)18-13-6-5-11-3-2-4-12(16)15(11)19-13;1-19-14-7-4-8-16-15(14)18-12-9-11-5-2-3-6-13(11)17-10-12;1-2-4-14-11(3-1)9-13(10-16-14)17-12-5-7-15-8-6-12/h2-11H,1H3,(H,17,18);2-9H,1H3,(H,17,18,19);2-10H,1H3,(H,16,18);1-10H,(H,15,17). The molecule has 5 aromatic carbocycles. The molecule has 7 aromatic heterocycles. The van der Waals surface area contributed by atoms with Crippen LogP contribution in [0.5, 0.6) is 11.5 Å². The molecule has 0 amide bonds. The smallest absolute Gasteiger partial charge is 0.173 e. The molecule has 0 unspecified atom stereocenters. The molecule has 0 atom stereocenters. The summed E-state index contributed by atoms with van der Waals surface area (Å²) < 4.78 is 10.6. The van der Waals surface area contributed by atoms with Gasteiger partial charge in [0, 0.05) is 63.9 Å². The Morgan fingerprint density at radius 1 is 0.419 bits per heavy atom. The highest BCUT2D eigenvalue weighted by atomic mass is 35.5. The molecule has 74 heavy (non-hydrogen) atoms. The van der Waals surface area contributed by atoms with E-state index < -0.39 is 0 Å². The number of nitrogens with one attached hydrogen (secondary N) is 4. The van der Waals surface area contributed by atoms with E-state index in [1.165, 1.54) is 5.39 Å². The fourth-order valence-electron chi connectivity index (χ4n) is 7.69. The predicted octanol–water partition coefficient (Wildman–Crippen LogP) is 15.1. The summed E-state index contributed by atoms with van der Waals surface area (Å²) in [6.07, 6.45) is 12.4. The predicted molar refractivity (Wildman–Crippen MR) is 302 cm³/mol. The molecule has 0 bridgehead atoms. The number of hydrogen-bond donors (Lipinski definition) is 4. The highest BCUT2D eigenvalue weighted by Crippen LogP contribution is 2.30. The van der Waals surface area contributed by atoms with Crippen LogP contribution in [0, 0.1) is 6.92 Å². The number of hydrogen-bond acceptors (Lipinski definition) is 13. The topological polar surface area (TPSA) is 157 Å². The first-order valence-electron chi connectivity index (χ1n) is 23.5. The number of nitrogens with zero attached hydrogens (tertiary/aromatic N) is 7. The van der Waals surface area contributed by atoms with Crippen molar-refractivity contribution >= 4 is 101 Å². The number of pyridine rings is 7. The molecule has 0 aliphatic heterocycles. The van der Waals surface area contributed by atoms with Crippen LogP contribution in [-0.4, -0.2) is 49.1 Å². The second kappa shape index (κ2) is 24.4. The average molecular weight is 993 g/mol. The van der Waals surface area contributed by atoms with Crippen molar-refractivity contribution in [3.63, 3.8) is 0 Å². The molecule has 0 saturated heterocycles. The number of fused-ring (bicyclic) bond motifs is 4. The number of aromatic nitrogens is 7. The van der Waals surface area contributed by atoms with Gasteiger partial charge in [-0.25, -0.2) is 19.9 Å². The van der Waals surface area contributed by atoms with Gasteiger partial charge >= 0.3 is 0 Å². The highest BCUT2D eigenvalue weighted by molar-refractivity contribution is 6.35. The first-order valence-corrected chi connectivity index (χ1v) is 23.9. The summed E-state index contributed by atoms with van der Waals surface area (Å²) in [5.74, 6) is 4.35. The van der Waals surface area contributed by atoms with Crippen LogP contribution in [0.2, 0.25) is 5.02 Å². The Kier molecular flexibility index (Phi) is 16.3. The lowest BCUT2D eigenvalue weighted by Crippen LogP contribution is -1.97. The normalized spacial score (nSPS) is 10.4. The van der Waals surface area contributed by atoms with Crippen LogP contribution in [0.25, 0.3) is 43.5 Å². The van der Waals surface area contributed by atoms with Gasteiger partial charge in [-0.2, -0.15) is 0 Å². The monoisotopic (exact) mass is 991 g/mol. The van der Waals surface area contributed by atoms with Gasteiger partial charge in [0.2, 0.25) is 0 Å². The van der Waals surface area contributed by atoms with Gasteiger partial charge in [-0.15, -0.1) is 0 Å². The molecule has 14 heteroatoms. The second-order valence-electron chi connectivity index (χ2n) is 16.4. The zero-order valence-electron chi connectivity index (χ0n) is 40.7. The van der Waals surface area contributed by atoms with Crippen LogP contribution >= 0.6 is 11.6 Å². The van der Waals surface area contributed by atoms with E-state index in [-0.39, 0.29) is 0 Å². The minimum absolute atomic E-state index is 0.651. The summed E-state index contributed by atoms with van der Waals surface area (Å²) in [6, 6.07) is 59.5. The van der Waals surface area contributed by atoms with E-state index in [2.05, 4.69) is 86.5 Å². The van der Waals surface area contributed by atoms with Crippen LogP contribution in [0.15, 0.2) is 225 Å². The maximum Gasteiger partial charge on any atom is 0.173 e. The van der Waals surface area contributed by atoms with Gasteiger partial charge in [-0.05, 0) is 115 Å². The third kappa shape index (κ3) is 13.0. The summed E-state index contributed by atoms with van der Waals surface area (Å²) in [5.41, 5.74) is 7.82. The van der Waals surface area contributed by atoms with E-state index in [9.17, 15) is 0 Å². The van der Waals surface area contributed by atoms with Crippen molar-refractivity contribution in [1.29, 1.82) is 0 Å². The van der Waals surface area contributed by atoms with Gasteiger partial charge in [0.1, 0.15) is 11.6 Å². The van der Waals surface area contributed by atoms with E-state index in [0.717, 1.165) is 89.6 Å². The van der Waals surface area contributed by atoms with Gasteiger partial charge in [0.25, 0.3) is 0 Å². The Bertz CT molecular complexity index is 3780. The van der Waals surface area contributed by atoms with E-state index in [1.54, 1.807) is 51.4 Å². The van der Waals surface area contributed by atoms with Crippen molar-refractivity contribution in [3.05, 3.63) is 236 Å². The second-order valence-corrected chi connectivity index (χ2v) is 16.8. The van der Waals surface area contributed by atoms with Crippen molar-refractivity contribution in [3.8, 4) is 11.5 Å². The number of ether oxygens (including phenoxy) is 2. The van der Waals surface area contributed by atoms with Gasteiger partial charge in [-0.3, -0.25) is 15.0 Å². The molecule has 364 valence electrons. The Balaban J connectivity index is 0.000000121. The largest absolute Gasteiger partial charge is 0.493 e. The summed E-state index contributed by atoms with van der Waals surface area (Å²) in [5, 5.41) is 19.3. The molecule has 0 radical (unpaired) electrons. The molecule has 12 rings (SSSR count). The Morgan fingerprint density at radius 3 is 1.69 bits per heavy atom. The maximum absolute atomic E-state index is 6.15. The fraction of sp³-hybridized carbons (Fsp3) is 0.0500. The summed E-state index contributed by atoms with van der Waals surface area (Å²) >= 11 is 6.15. The number of anilines is 8. The zero-order chi connectivity index (χ0) is 50.9. The van der Waals surface area contributed by atoms with Crippen LogP contribution in [0.1, 0.15) is 5.56 Å². The summed E-state index contributed by atoms with van der Waals surface area (Å²) in [6.45, 7) is 2.03. The number of halogens is 1. The molecular formula is C60H50ClN11O2. The van der Waals surface area contributed by atoms with Crippen molar-refractivity contribution < 1.29 is 9.47 Å². The molecule has 0 saturated carbocycles. The number of benzene rings is 5. The molecule has 0 aliphatic carbocycles. The lowest BCUT2D eigenvalue weighted by atomic mass is 10.1. The molecule has 0 aliphatic rings. The summed E-state index contributed by atoms with van der Waals surface area (Å²) in [7, 11) is 3.27. The maximum atomic E-state index is 6.15. The Morgan fingerprint density at radius 2 is 1.01 bits per heavy atom. The van der Waals surface area contributed by atoms with E-state index in [4.69, 9.17) is 21.1 Å². The first kappa shape index (κ1) is 49.3. The minimum atomic E-state index is 0.651. The number of para-hydroxylation sites is 3. The lowest BCUT2D eigenvalue weighted by Gasteiger charge is -2.11. The molecule has 0 spiro atoms. The summed E-state index contributed by atoms with van der Waals surface area (Å²) in [4.78, 5) is 30.1. The van der Waals surface area contributed by atoms with E-state index in [0.29, 0.717) is 16.6 Å². The number of aryl methyl sites for hydroxylation is 1. The third-order valence-corrected chi connectivity index (χ3v) is 11.6. The quantitative estimate of drug-likeness (QED) is 0.103. The van der Waals surface area contributed by atoms with Crippen LogP contribution in [0.4, 0.5) is 46.0 Å². The number of rotatable bonds is 10. The minimum Gasteiger partial charge on any atom is -0.493 e. The lowest BCUT2D eigenvalue weighted by molar-refractivity contribution is 0.415. The van der Waals surface area contributed by atoms with Crippen molar-refractivity contribution in [1.82, 2.24) is 34.9 Å². The fourth-order valence-corrected chi connectivity index (χ4v) is 7.92. The van der Waals surface area contributed by atoms with Crippen molar-refractivity contribution in [2.24, 2.45) is 0 Å². The van der Waals surface area contributed by atoms with Crippen LogP contribution in [-0.2, 0) is 0 Å². The average Bonchev–Trinajstić information content (AvgIpc) is 3.44. The SMILES string of the molecule is COc1cccnc1Nc1cccc2ccccc12.COc1cccnc1Nc1cnc2ccccc2c1.Cc1ccnc(Nc2ccc3cccc(Cl)c3n2)c1.c1ccc2ncc(Nc3ccncc3)cc2c1. The van der Waals surface area contributed by atoms with Crippen molar-refractivity contribution in [2.45, 2.75) is 6.92 Å². The van der Waals surface area contributed by atoms with Gasteiger partial charge in [0.05, 0.1) is 59.6 Å². The highest BCUT2D eigenvalue weighted by Gasteiger charge is 2.08. The Hall–Kier alpha value is -9.72. The number of methoxy groups -OCH3 is 2. The molecule has 12 aromatic rings. The van der Waals surface area contributed by atoms with E-state index in [1.807, 2.05) is 165 Å². The van der Waals surface area contributed by atoms with Gasteiger partial charge < -0.3 is 30.7 Å². The van der Waals surface area contributed by atoms with Crippen molar-refractivity contribution in [2.75, 3.05) is 35.5 Å². The molecule has 0 fully saturated rings. The zero-order valence-corrected chi connectivity index (χ0v) is 41.4. The van der Waals surface area contributed by atoms with Crippen LogP contribution < -0.4 is 30.7 Å². The molecular weight excluding hydrogens is 942 g/mol. The molecule has 13 nitrogen and oxygen atoms in total.